The summed E-state index contributed by atoms with van der Waals surface area (Å²) in [5, 5.41) is 10.5. The highest BCUT2D eigenvalue weighted by Gasteiger charge is 2.05. The van der Waals surface area contributed by atoms with Crippen LogP contribution in [0.15, 0.2) is 50.3 Å². The van der Waals surface area contributed by atoms with E-state index in [1.54, 1.807) is 30.5 Å². The van der Waals surface area contributed by atoms with E-state index in [9.17, 15) is 5.11 Å². The van der Waals surface area contributed by atoms with Crippen molar-refractivity contribution in [1.82, 2.24) is 0 Å². The molecule has 5 heteroatoms. The number of aliphatic imine (C=N–C) groups is 1. The summed E-state index contributed by atoms with van der Waals surface area (Å²) in [5.74, 6) is 0.156. The van der Waals surface area contributed by atoms with Crippen molar-refractivity contribution in [3.05, 3.63) is 55.9 Å². The fourth-order valence-electron chi connectivity index (χ4n) is 1.38. The van der Waals surface area contributed by atoms with Gasteiger partial charge in [0.15, 0.2) is 0 Å². The van der Waals surface area contributed by atoms with E-state index in [4.69, 9.17) is 11.6 Å². The summed E-state index contributed by atoms with van der Waals surface area (Å²) in [6.45, 7) is 0. The van der Waals surface area contributed by atoms with Crippen molar-refractivity contribution in [2.24, 2.45) is 4.99 Å². The van der Waals surface area contributed by atoms with Crippen molar-refractivity contribution in [3.8, 4) is 5.75 Å². The molecule has 0 aliphatic carbocycles. The molecule has 0 unspecified atom stereocenters. The third-order valence-corrected chi connectivity index (χ3v) is 3.52. The van der Waals surface area contributed by atoms with Gasteiger partial charge in [-0.25, -0.2) is 0 Å². The first-order valence-electron chi connectivity index (χ1n) is 5.04. The lowest BCUT2D eigenvalue weighted by Crippen LogP contribution is -1.84. The first-order chi connectivity index (χ1) is 8.56. The van der Waals surface area contributed by atoms with Crippen molar-refractivity contribution in [2.75, 3.05) is 0 Å². The van der Waals surface area contributed by atoms with Gasteiger partial charge in [0.1, 0.15) is 5.75 Å². The molecule has 0 spiro atoms. The number of halogens is 3. The third-order valence-electron chi connectivity index (χ3n) is 2.22. The molecule has 0 radical (unpaired) electrons. The monoisotopic (exact) mass is 387 g/mol. The average Bonchev–Trinajstić information content (AvgIpc) is 2.32. The molecule has 0 heterocycles. The number of phenolic OH excluding ortho intramolecular Hbond substituents is 1. The van der Waals surface area contributed by atoms with Crippen molar-refractivity contribution >= 4 is 55.4 Å². The fourth-order valence-corrected chi connectivity index (χ4v) is 2.83. The molecule has 92 valence electrons. The normalized spacial score (nSPS) is 11.1. The first-order valence-corrected chi connectivity index (χ1v) is 7.00. The molecule has 2 rings (SSSR count). The fraction of sp³-hybridized carbons (Fsp3) is 0. The second kappa shape index (κ2) is 5.87. The zero-order valence-electron chi connectivity index (χ0n) is 9.07. The topological polar surface area (TPSA) is 32.6 Å². The molecular formula is C13H8Br2ClNO. The van der Waals surface area contributed by atoms with Crippen LogP contribution in [0.1, 0.15) is 5.56 Å². The molecular weight excluding hydrogens is 381 g/mol. The maximum Gasteiger partial charge on any atom is 0.138 e. The molecule has 18 heavy (non-hydrogen) atoms. The van der Waals surface area contributed by atoms with E-state index >= 15 is 0 Å². The van der Waals surface area contributed by atoms with Crippen LogP contribution in [0, 0.1) is 0 Å². The van der Waals surface area contributed by atoms with Crippen LogP contribution >= 0.6 is 43.5 Å². The minimum absolute atomic E-state index is 0.156. The lowest BCUT2D eigenvalue weighted by Gasteiger charge is -2.02. The molecule has 0 saturated heterocycles. The van der Waals surface area contributed by atoms with Crippen molar-refractivity contribution in [3.63, 3.8) is 0 Å². The predicted molar refractivity (Wildman–Crippen MR) is 82.2 cm³/mol. The molecule has 2 aromatic carbocycles. The van der Waals surface area contributed by atoms with Crippen LogP contribution in [0.2, 0.25) is 5.02 Å². The van der Waals surface area contributed by atoms with E-state index in [1.165, 1.54) is 0 Å². The smallest absolute Gasteiger partial charge is 0.138 e. The van der Waals surface area contributed by atoms with Gasteiger partial charge < -0.3 is 5.11 Å². The van der Waals surface area contributed by atoms with Gasteiger partial charge >= 0.3 is 0 Å². The summed E-state index contributed by atoms with van der Waals surface area (Å²) in [4.78, 5) is 4.27. The van der Waals surface area contributed by atoms with E-state index in [0.717, 1.165) is 10.2 Å². The zero-order valence-corrected chi connectivity index (χ0v) is 13.0. The van der Waals surface area contributed by atoms with Gasteiger partial charge in [0.05, 0.1) is 10.2 Å². The Bertz CT molecular complexity index is 614. The summed E-state index contributed by atoms with van der Waals surface area (Å²) in [6.07, 6.45) is 1.59. The quantitative estimate of drug-likeness (QED) is 0.693. The van der Waals surface area contributed by atoms with Crippen LogP contribution in [-0.2, 0) is 0 Å². The SMILES string of the molecule is Oc1c(Br)cc(Br)cc1C=Nc1cccc(Cl)c1. The number of nitrogens with zero attached hydrogens (tertiary/aromatic N) is 1. The molecule has 2 nitrogen and oxygen atoms in total. The van der Waals surface area contributed by atoms with Gasteiger partial charge in [0.2, 0.25) is 0 Å². The zero-order chi connectivity index (χ0) is 13.1. The number of phenols is 1. The minimum atomic E-state index is 0.156. The van der Waals surface area contributed by atoms with Gasteiger partial charge in [-0.3, -0.25) is 4.99 Å². The molecule has 0 bridgehead atoms. The lowest BCUT2D eigenvalue weighted by atomic mass is 10.2. The van der Waals surface area contributed by atoms with Crippen LogP contribution in [0.25, 0.3) is 0 Å². The molecule has 2 aromatic rings. The maximum absolute atomic E-state index is 9.87. The molecule has 0 saturated carbocycles. The Labute approximate surface area is 127 Å². The van der Waals surface area contributed by atoms with E-state index < -0.39 is 0 Å². The largest absolute Gasteiger partial charge is 0.506 e. The number of rotatable bonds is 2. The minimum Gasteiger partial charge on any atom is -0.506 e. The number of hydrogen-bond donors (Lipinski definition) is 1. The summed E-state index contributed by atoms with van der Waals surface area (Å²) in [7, 11) is 0. The van der Waals surface area contributed by atoms with Crippen LogP contribution in [0.3, 0.4) is 0 Å². The van der Waals surface area contributed by atoms with Gasteiger partial charge in [-0.2, -0.15) is 0 Å². The molecule has 0 aromatic heterocycles. The highest BCUT2D eigenvalue weighted by Crippen LogP contribution is 2.31. The van der Waals surface area contributed by atoms with E-state index in [-0.39, 0.29) is 5.75 Å². The van der Waals surface area contributed by atoms with Crippen LogP contribution < -0.4 is 0 Å². The van der Waals surface area contributed by atoms with E-state index in [1.807, 2.05) is 12.1 Å². The molecule has 0 aliphatic heterocycles. The summed E-state index contributed by atoms with van der Waals surface area (Å²) < 4.78 is 1.48. The third kappa shape index (κ3) is 3.34. The molecule has 0 amide bonds. The number of aromatic hydroxyl groups is 1. The van der Waals surface area contributed by atoms with Crippen molar-refractivity contribution < 1.29 is 5.11 Å². The average molecular weight is 389 g/mol. The van der Waals surface area contributed by atoms with Gasteiger partial charge in [-0.1, -0.05) is 33.6 Å². The maximum atomic E-state index is 9.87. The Kier molecular flexibility index (Phi) is 4.43. The van der Waals surface area contributed by atoms with Crippen LogP contribution in [-0.4, -0.2) is 11.3 Å². The highest BCUT2D eigenvalue weighted by atomic mass is 79.9. The molecule has 0 aliphatic rings. The number of benzene rings is 2. The molecule has 0 fully saturated rings. The van der Waals surface area contributed by atoms with Gasteiger partial charge in [0, 0.05) is 21.3 Å². The van der Waals surface area contributed by atoms with Crippen molar-refractivity contribution in [1.29, 1.82) is 0 Å². The van der Waals surface area contributed by atoms with Gasteiger partial charge in [-0.15, -0.1) is 0 Å². The Morgan fingerprint density at radius 1 is 1.17 bits per heavy atom. The predicted octanol–water partition coefficient (Wildman–Crippen LogP) is 5.32. The Morgan fingerprint density at radius 2 is 1.94 bits per heavy atom. The van der Waals surface area contributed by atoms with Gasteiger partial charge in [0.25, 0.3) is 0 Å². The second-order valence-corrected chi connectivity index (χ2v) is 5.77. The van der Waals surface area contributed by atoms with Crippen LogP contribution in [0.5, 0.6) is 5.75 Å². The highest BCUT2D eigenvalue weighted by molar-refractivity contribution is 9.11. The van der Waals surface area contributed by atoms with Crippen molar-refractivity contribution in [2.45, 2.75) is 0 Å². The Balaban J connectivity index is 2.34. The van der Waals surface area contributed by atoms with E-state index in [0.29, 0.717) is 15.1 Å². The molecule has 0 atom stereocenters. The summed E-state index contributed by atoms with van der Waals surface area (Å²) in [5.41, 5.74) is 1.36. The Hall–Kier alpha value is -0.840. The Morgan fingerprint density at radius 3 is 2.67 bits per heavy atom. The standard InChI is InChI=1S/C13H8Br2ClNO/c14-9-4-8(13(18)12(15)5-9)7-17-11-3-1-2-10(16)6-11/h1-7,18H. The summed E-state index contributed by atoms with van der Waals surface area (Å²) in [6, 6.07) is 10.8. The van der Waals surface area contributed by atoms with E-state index in [2.05, 4.69) is 36.9 Å². The van der Waals surface area contributed by atoms with Gasteiger partial charge in [-0.05, 0) is 46.3 Å². The first kappa shape index (κ1) is 13.6. The second-order valence-electron chi connectivity index (χ2n) is 3.56. The molecule has 1 N–H and O–H groups in total. The summed E-state index contributed by atoms with van der Waals surface area (Å²) >= 11 is 12.5. The number of hydrogen-bond acceptors (Lipinski definition) is 2. The lowest BCUT2D eigenvalue weighted by molar-refractivity contribution is 0.471. The van der Waals surface area contributed by atoms with Crippen LogP contribution in [0.4, 0.5) is 5.69 Å².